The lowest BCUT2D eigenvalue weighted by Gasteiger charge is -2.27. The Morgan fingerprint density at radius 1 is 1.33 bits per heavy atom. The van der Waals surface area contributed by atoms with Crippen molar-refractivity contribution in [3.05, 3.63) is 28.2 Å². The normalized spacial score (nSPS) is 17.8. The molecule has 0 spiro atoms. The Kier molecular flexibility index (Phi) is 4.72. The van der Waals surface area contributed by atoms with Crippen molar-refractivity contribution < 1.29 is 23.4 Å². The monoisotopic (exact) mass is 377 g/mol. The van der Waals surface area contributed by atoms with Crippen LogP contribution in [0.4, 0.5) is 0 Å². The minimum absolute atomic E-state index is 0.108. The fourth-order valence-electron chi connectivity index (χ4n) is 2.53. The smallest absolute Gasteiger partial charge is 0.335 e. The van der Waals surface area contributed by atoms with Gasteiger partial charge in [-0.1, -0.05) is 12.8 Å². The number of aliphatic hydroxyl groups excluding tert-OH is 1. The third-order valence-corrected chi connectivity index (χ3v) is 6.25. The second-order valence-corrected chi connectivity index (χ2v) is 7.71. The summed E-state index contributed by atoms with van der Waals surface area (Å²) < 4.78 is 27.8. The topological polar surface area (TPSA) is 104 Å². The molecule has 1 fully saturated rings. The minimum atomic E-state index is -3.92. The van der Waals surface area contributed by atoms with E-state index in [1.54, 1.807) is 0 Å². The van der Waals surface area contributed by atoms with Crippen LogP contribution >= 0.6 is 15.9 Å². The number of aliphatic hydroxyl groups is 1. The van der Waals surface area contributed by atoms with Crippen LogP contribution < -0.4 is 4.72 Å². The van der Waals surface area contributed by atoms with Gasteiger partial charge < -0.3 is 10.2 Å². The Hall–Kier alpha value is -0.960. The van der Waals surface area contributed by atoms with Crippen LogP contribution in [0.15, 0.2) is 27.6 Å². The maximum atomic E-state index is 12.5. The molecule has 1 aromatic rings. The number of sulfonamides is 1. The average Bonchev–Trinajstić information content (AvgIpc) is 2.87. The molecule has 0 bridgehead atoms. The largest absolute Gasteiger partial charge is 0.478 e. The summed E-state index contributed by atoms with van der Waals surface area (Å²) in [6.45, 7) is -0.275. The first-order valence-corrected chi connectivity index (χ1v) is 8.75. The summed E-state index contributed by atoms with van der Waals surface area (Å²) in [5, 5.41) is 18.5. The van der Waals surface area contributed by atoms with E-state index >= 15 is 0 Å². The molecule has 1 aliphatic rings. The standard InChI is InChI=1S/C13H16BrNO5S/c14-10-4-3-9(12(17)18)7-11(10)21(19,20)15-13(8-16)5-1-2-6-13/h3-4,7,15-16H,1-2,5-6,8H2,(H,17,18). The van der Waals surface area contributed by atoms with Gasteiger partial charge in [0.1, 0.15) is 0 Å². The third kappa shape index (κ3) is 3.45. The molecule has 0 aromatic heterocycles. The summed E-state index contributed by atoms with van der Waals surface area (Å²) in [5.74, 6) is -1.20. The average molecular weight is 378 g/mol. The second kappa shape index (κ2) is 6.04. The van der Waals surface area contributed by atoms with E-state index in [2.05, 4.69) is 20.7 Å². The lowest BCUT2D eigenvalue weighted by atomic mass is 10.0. The molecular formula is C13H16BrNO5S. The molecule has 0 atom stereocenters. The summed E-state index contributed by atoms with van der Waals surface area (Å²) in [5.41, 5.74) is -0.958. The van der Waals surface area contributed by atoms with Crippen LogP contribution in [0.5, 0.6) is 0 Å². The Bertz CT molecular complexity index is 653. The van der Waals surface area contributed by atoms with E-state index < -0.39 is 21.5 Å². The van der Waals surface area contributed by atoms with Gasteiger partial charge in [0.2, 0.25) is 10.0 Å². The molecule has 0 heterocycles. The summed E-state index contributed by atoms with van der Waals surface area (Å²) in [4.78, 5) is 10.8. The zero-order valence-electron chi connectivity index (χ0n) is 11.2. The van der Waals surface area contributed by atoms with Crippen molar-refractivity contribution >= 4 is 31.9 Å². The summed E-state index contributed by atoms with van der Waals surface area (Å²) in [7, 11) is -3.92. The van der Waals surface area contributed by atoms with Gasteiger partial charge in [0.15, 0.2) is 0 Å². The van der Waals surface area contributed by atoms with Crippen LogP contribution in [0.2, 0.25) is 0 Å². The summed E-state index contributed by atoms with van der Waals surface area (Å²) in [6.07, 6.45) is 2.83. The highest BCUT2D eigenvalue weighted by molar-refractivity contribution is 9.10. The van der Waals surface area contributed by atoms with Gasteiger partial charge in [-0.15, -0.1) is 0 Å². The maximum Gasteiger partial charge on any atom is 0.335 e. The Balaban J connectivity index is 2.39. The van der Waals surface area contributed by atoms with E-state index in [4.69, 9.17) is 5.11 Å². The first-order valence-electron chi connectivity index (χ1n) is 6.47. The van der Waals surface area contributed by atoms with E-state index in [1.807, 2.05) is 0 Å². The van der Waals surface area contributed by atoms with Crippen LogP contribution in [0, 0.1) is 0 Å². The van der Waals surface area contributed by atoms with Gasteiger partial charge in [-0.05, 0) is 47.0 Å². The van der Waals surface area contributed by atoms with Gasteiger partial charge >= 0.3 is 5.97 Å². The highest BCUT2D eigenvalue weighted by Gasteiger charge is 2.38. The Morgan fingerprint density at radius 3 is 2.48 bits per heavy atom. The first kappa shape index (κ1) is 16.4. The van der Waals surface area contributed by atoms with Crippen molar-refractivity contribution in [3.8, 4) is 0 Å². The van der Waals surface area contributed by atoms with Crippen LogP contribution in [-0.4, -0.2) is 36.7 Å². The van der Waals surface area contributed by atoms with E-state index in [0.717, 1.165) is 18.9 Å². The Morgan fingerprint density at radius 2 is 1.95 bits per heavy atom. The highest BCUT2D eigenvalue weighted by Crippen LogP contribution is 2.32. The fraction of sp³-hybridized carbons (Fsp3) is 0.462. The predicted molar refractivity (Wildman–Crippen MR) is 79.7 cm³/mol. The molecule has 2 rings (SSSR count). The SMILES string of the molecule is O=C(O)c1ccc(Br)c(S(=O)(=O)NC2(CO)CCCC2)c1. The van der Waals surface area contributed by atoms with Gasteiger partial charge in [0.05, 0.1) is 22.6 Å². The maximum absolute atomic E-state index is 12.5. The van der Waals surface area contributed by atoms with Crippen molar-refractivity contribution in [2.45, 2.75) is 36.1 Å². The number of benzene rings is 1. The molecule has 8 heteroatoms. The lowest BCUT2D eigenvalue weighted by molar-refractivity contribution is 0.0696. The molecule has 0 amide bonds. The molecular weight excluding hydrogens is 362 g/mol. The molecule has 0 aliphatic heterocycles. The molecule has 0 unspecified atom stereocenters. The van der Waals surface area contributed by atoms with Gasteiger partial charge in [-0.25, -0.2) is 17.9 Å². The van der Waals surface area contributed by atoms with Gasteiger partial charge in [-0.3, -0.25) is 0 Å². The van der Waals surface area contributed by atoms with E-state index in [-0.39, 0.29) is 21.5 Å². The van der Waals surface area contributed by atoms with Crippen molar-refractivity contribution in [2.24, 2.45) is 0 Å². The number of aromatic carboxylic acids is 1. The summed E-state index contributed by atoms with van der Waals surface area (Å²) in [6, 6.07) is 3.82. The molecule has 1 saturated carbocycles. The zero-order valence-corrected chi connectivity index (χ0v) is 13.6. The van der Waals surface area contributed by atoms with Crippen molar-refractivity contribution in [1.82, 2.24) is 4.72 Å². The molecule has 1 aromatic carbocycles. The molecule has 0 radical (unpaired) electrons. The van der Waals surface area contributed by atoms with Crippen molar-refractivity contribution in [2.75, 3.05) is 6.61 Å². The predicted octanol–water partition coefficient (Wildman–Crippen LogP) is 1.73. The number of nitrogens with one attached hydrogen (secondary N) is 1. The molecule has 3 N–H and O–H groups in total. The van der Waals surface area contributed by atoms with Crippen LogP contribution in [0.3, 0.4) is 0 Å². The number of carboxylic acid groups (broad SMARTS) is 1. The fourth-order valence-corrected chi connectivity index (χ4v) is 4.97. The second-order valence-electron chi connectivity index (χ2n) is 5.20. The minimum Gasteiger partial charge on any atom is -0.478 e. The van der Waals surface area contributed by atoms with Crippen LogP contribution in [0.1, 0.15) is 36.0 Å². The summed E-state index contributed by atoms with van der Waals surface area (Å²) >= 11 is 3.13. The number of hydrogen-bond acceptors (Lipinski definition) is 4. The number of halogens is 1. The third-order valence-electron chi connectivity index (χ3n) is 3.68. The van der Waals surface area contributed by atoms with Crippen molar-refractivity contribution in [1.29, 1.82) is 0 Å². The highest BCUT2D eigenvalue weighted by atomic mass is 79.9. The van der Waals surface area contributed by atoms with Crippen LogP contribution in [-0.2, 0) is 10.0 Å². The van der Waals surface area contributed by atoms with E-state index in [9.17, 15) is 18.3 Å². The van der Waals surface area contributed by atoms with Gasteiger partial charge in [-0.2, -0.15) is 0 Å². The van der Waals surface area contributed by atoms with Gasteiger partial charge in [0.25, 0.3) is 0 Å². The molecule has 1 aliphatic carbocycles. The molecule has 21 heavy (non-hydrogen) atoms. The van der Waals surface area contributed by atoms with Gasteiger partial charge in [0, 0.05) is 4.47 Å². The lowest BCUT2D eigenvalue weighted by Crippen LogP contribution is -2.49. The quantitative estimate of drug-likeness (QED) is 0.724. The van der Waals surface area contributed by atoms with E-state index in [1.165, 1.54) is 12.1 Å². The van der Waals surface area contributed by atoms with Crippen molar-refractivity contribution in [3.63, 3.8) is 0 Å². The van der Waals surface area contributed by atoms with E-state index in [0.29, 0.717) is 12.8 Å². The first-order chi connectivity index (χ1) is 9.80. The number of carboxylic acids is 1. The molecule has 6 nitrogen and oxygen atoms in total. The van der Waals surface area contributed by atoms with Crippen LogP contribution in [0.25, 0.3) is 0 Å². The molecule has 0 saturated heterocycles. The Labute approximate surface area is 131 Å². The zero-order chi connectivity index (χ0) is 15.7. The molecule has 116 valence electrons. The number of rotatable bonds is 5. The number of carbonyl (C=O) groups is 1. The number of hydrogen-bond donors (Lipinski definition) is 3.